The minimum absolute atomic E-state index is 0.253. The van der Waals surface area contributed by atoms with Crippen molar-refractivity contribution in [3.05, 3.63) is 157 Å². The van der Waals surface area contributed by atoms with Gasteiger partial charge in [-0.25, -0.2) is 4.39 Å². The fraction of sp³-hybridized carbons (Fsp3) is 0. The highest BCUT2D eigenvalue weighted by atomic mass is 19.1. The average molecular weight is 505 g/mol. The third-order valence-corrected chi connectivity index (χ3v) is 7.23. The maximum atomic E-state index is 14.0. The number of anilines is 3. The minimum atomic E-state index is -0.253. The summed E-state index contributed by atoms with van der Waals surface area (Å²) in [5.41, 5.74) is 8.55. The van der Waals surface area contributed by atoms with Crippen LogP contribution in [-0.2, 0) is 0 Å². The summed E-state index contributed by atoms with van der Waals surface area (Å²) in [6.07, 6.45) is 0. The number of halogens is 1. The standard InChI is InChI=1S/C36H25FN2/c37-27-20-22-30(23-21-27)38(28-14-6-2-7-15-28)35-25-33-31-18-10-11-19-34(31)39(29-16-8-3-9-17-29)36(33)24-32(35)26-12-4-1-5-13-26/h1-25H. The van der Waals surface area contributed by atoms with Crippen molar-refractivity contribution >= 4 is 38.9 Å². The molecule has 0 spiro atoms. The summed E-state index contributed by atoms with van der Waals surface area (Å²) < 4.78 is 16.4. The largest absolute Gasteiger partial charge is 0.310 e. The molecule has 7 rings (SSSR count). The molecule has 7 aromatic rings. The molecule has 0 atom stereocenters. The first-order valence-corrected chi connectivity index (χ1v) is 13.1. The third kappa shape index (κ3) is 4.05. The maximum absolute atomic E-state index is 14.0. The van der Waals surface area contributed by atoms with Gasteiger partial charge in [0.2, 0.25) is 0 Å². The first-order valence-electron chi connectivity index (χ1n) is 13.1. The molecule has 0 aliphatic carbocycles. The topological polar surface area (TPSA) is 8.17 Å². The summed E-state index contributed by atoms with van der Waals surface area (Å²) >= 11 is 0. The van der Waals surface area contributed by atoms with E-state index in [1.807, 2.05) is 42.5 Å². The Hall–Kier alpha value is -5.15. The molecular weight excluding hydrogens is 479 g/mol. The van der Waals surface area contributed by atoms with Gasteiger partial charge < -0.3 is 9.47 Å². The highest BCUT2D eigenvalue weighted by molar-refractivity contribution is 6.13. The Labute approximate surface area is 226 Å². The molecule has 3 heteroatoms. The predicted octanol–water partition coefficient (Wildman–Crippen LogP) is 10.1. The molecule has 0 N–H and O–H groups in total. The van der Waals surface area contributed by atoms with Crippen molar-refractivity contribution < 1.29 is 4.39 Å². The Morgan fingerprint density at radius 3 is 1.79 bits per heavy atom. The highest BCUT2D eigenvalue weighted by Gasteiger charge is 2.21. The van der Waals surface area contributed by atoms with Crippen molar-refractivity contribution in [3.63, 3.8) is 0 Å². The van der Waals surface area contributed by atoms with Gasteiger partial charge >= 0.3 is 0 Å². The van der Waals surface area contributed by atoms with E-state index in [-0.39, 0.29) is 5.82 Å². The number of hydrogen-bond acceptors (Lipinski definition) is 1. The van der Waals surface area contributed by atoms with Crippen LogP contribution in [0.2, 0.25) is 0 Å². The van der Waals surface area contributed by atoms with Gasteiger partial charge in [0.1, 0.15) is 5.82 Å². The van der Waals surface area contributed by atoms with Crippen molar-refractivity contribution in [1.29, 1.82) is 0 Å². The van der Waals surface area contributed by atoms with E-state index < -0.39 is 0 Å². The van der Waals surface area contributed by atoms with Crippen LogP contribution in [0, 0.1) is 5.82 Å². The van der Waals surface area contributed by atoms with Crippen molar-refractivity contribution in [1.82, 2.24) is 4.57 Å². The van der Waals surface area contributed by atoms with E-state index in [0.29, 0.717) is 0 Å². The van der Waals surface area contributed by atoms with Gasteiger partial charge in [0.25, 0.3) is 0 Å². The van der Waals surface area contributed by atoms with E-state index >= 15 is 0 Å². The molecule has 0 unspecified atom stereocenters. The zero-order chi connectivity index (χ0) is 26.2. The quantitative estimate of drug-likeness (QED) is 0.226. The van der Waals surface area contributed by atoms with E-state index in [4.69, 9.17) is 0 Å². The van der Waals surface area contributed by atoms with Crippen LogP contribution in [0.1, 0.15) is 0 Å². The van der Waals surface area contributed by atoms with E-state index in [1.165, 1.54) is 17.5 Å². The second-order valence-corrected chi connectivity index (χ2v) is 9.59. The zero-order valence-electron chi connectivity index (χ0n) is 21.2. The molecule has 1 aromatic heterocycles. The van der Waals surface area contributed by atoms with Crippen LogP contribution in [0.25, 0.3) is 38.6 Å². The number of para-hydroxylation sites is 3. The molecule has 0 fully saturated rings. The molecule has 0 aliphatic rings. The van der Waals surface area contributed by atoms with Crippen LogP contribution < -0.4 is 4.90 Å². The van der Waals surface area contributed by atoms with Crippen molar-refractivity contribution in [2.24, 2.45) is 0 Å². The van der Waals surface area contributed by atoms with E-state index in [2.05, 4.69) is 107 Å². The van der Waals surface area contributed by atoms with Gasteiger partial charge in [-0.15, -0.1) is 0 Å². The van der Waals surface area contributed by atoms with Crippen LogP contribution in [0.5, 0.6) is 0 Å². The summed E-state index contributed by atoms with van der Waals surface area (Å²) in [5.74, 6) is -0.253. The Morgan fingerprint density at radius 2 is 1.08 bits per heavy atom. The van der Waals surface area contributed by atoms with Gasteiger partial charge in [-0.1, -0.05) is 84.9 Å². The van der Waals surface area contributed by atoms with Crippen LogP contribution in [0.15, 0.2) is 152 Å². The smallest absolute Gasteiger partial charge is 0.123 e. The van der Waals surface area contributed by atoms with Crippen LogP contribution in [0.4, 0.5) is 21.5 Å². The lowest BCUT2D eigenvalue weighted by Crippen LogP contribution is -2.11. The normalized spacial score (nSPS) is 11.2. The predicted molar refractivity (Wildman–Crippen MR) is 161 cm³/mol. The Balaban J connectivity index is 1.61. The first kappa shape index (κ1) is 23.0. The second-order valence-electron chi connectivity index (χ2n) is 9.59. The molecule has 0 saturated carbocycles. The molecule has 1 heterocycles. The Kier molecular flexibility index (Phi) is 5.68. The minimum Gasteiger partial charge on any atom is -0.310 e. The van der Waals surface area contributed by atoms with E-state index in [9.17, 15) is 4.39 Å². The van der Waals surface area contributed by atoms with Crippen LogP contribution in [0.3, 0.4) is 0 Å². The number of aromatic nitrogens is 1. The highest BCUT2D eigenvalue weighted by Crippen LogP contribution is 2.45. The fourth-order valence-electron chi connectivity index (χ4n) is 5.49. The number of rotatable bonds is 5. The lowest BCUT2D eigenvalue weighted by molar-refractivity contribution is 0.628. The molecule has 186 valence electrons. The summed E-state index contributed by atoms with van der Waals surface area (Å²) in [4.78, 5) is 2.22. The molecule has 0 saturated heterocycles. The Morgan fingerprint density at radius 1 is 0.487 bits per heavy atom. The van der Waals surface area contributed by atoms with Gasteiger partial charge in [-0.05, 0) is 72.3 Å². The average Bonchev–Trinajstić information content (AvgIpc) is 3.33. The third-order valence-electron chi connectivity index (χ3n) is 7.23. The molecule has 0 radical (unpaired) electrons. The summed E-state index contributed by atoms with van der Waals surface area (Å²) in [5, 5.41) is 2.34. The van der Waals surface area contributed by atoms with Gasteiger partial charge in [0.15, 0.2) is 0 Å². The molecular formula is C36H25FN2. The number of hydrogen-bond donors (Lipinski definition) is 0. The molecule has 0 aliphatic heterocycles. The van der Waals surface area contributed by atoms with Crippen LogP contribution in [-0.4, -0.2) is 4.57 Å². The second kappa shape index (κ2) is 9.62. The zero-order valence-corrected chi connectivity index (χ0v) is 21.2. The fourth-order valence-corrected chi connectivity index (χ4v) is 5.49. The van der Waals surface area contributed by atoms with Crippen molar-refractivity contribution in [3.8, 4) is 16.8 Å². The van der Waals surface area contributed by atoms with Gasteiger partial charge in [-0.3, -0.25) is 0 Å². The lowest BCUT2D eigenvalue weighted by atomic mass is 9.99. The summed E-state index contributed by atoms with van der Waals surface area (Å²) in [6.45, 7) is 0. The lowest BCUT2D eigenvalue weighted by Gasteiger charge is -2.28. The van der Waals surface area contributed by atoms with E-state index in [1.54, 1.807) is 0 Å². The van der Waals surface area contributed by atoms with Crippen molar-refractivity contribution in [2.45, 2.75) is 0 Å². The monoisotopic (exact) mass is 504 g/mol. The molecule has 2 nitrogen and oxygen atoms in total. The van der Waals surface area contributed by atoms with E-state index in [0.717, 1.165) is 50.3 Å². The van der Waals surface area contributed by atoms with Gasteiger partial charge in [0, 0.05) is 33.4 Å². The number of nitrogens with zero attached hydrogens (tertiary/aromatic N) is 2. The maximum Gasteiger partial charge on any atom is 0.123 e. The summed E-state index contributed by atoms with van der Waals surface area (Å²) in [7, 11) is 0. The Bertz CT molecular complexity index is 1890. The van der Waals surface area contributed by atoms with Gasteiger partial charge in [-0.2, -0.15) is 0 Å². The number of benzene rings is 6. The molecule has 39 heavy (non-hydrogen) atoms. The molecule has 6 aromatic carbocycles. The molecule has 0 amide bonds. The van der Waals surface area contributed by atoms with Crippen LogP contribution >= 0.6 is 0 Å². The SMILES string of the molecule is Fc1ccc(N(c2ccccc2)c2cc3c4ccccc4n(-c4ccccc4)c3cc2-c2ccccc2)cc1. The number of fused-ring (bicyclic) bond motifs is 3. The van der Waals surface area contributed by atoms with Crippen molar-refractivity contribution in [2.75, 3.05) is 4.90 Å². The van der Waals surface area contributed by atoms with Gasteiger partial charge in [0.05, 0.1) is 16.7 Å². The summed E-state index contributed by atoms with van der Waals surface area (Å²) in [6, 6.07) is 51.1. The molecule has 0 bridgehead atoms. The first-order chi connectivity index (χ1) is 19.3.